The Hall–Kier alpha value is -1.97. The second-order valence-electron chi connectivity index (χ2n) is 4.37. The van der Waals surface area contributed by atoms with E-state index < -0.39 is 10.0 Å². The molecule has 0 atom stereocenters. The Morgan fingerprint density at radius 2 is 1.95 bits per heavy atom. The Balaban J connectivity index is 1.98. The lowest BCUT2D eigenvalue weighted by Gasteiger charge is -2.02. The molecule has 4 N–H and O–H groups in total. The number of anilines is 2. The van der Waals surface area contributed by atoms with Crippen LogP contribution >= 0.6 is 0 Å². The van der Waals surface area contributed by atoms with E-state index in [0.29, 0.717) is 18.1 Å². The SMILES string of the molecule is CCCNCc1nnc(Nc2ccc(S(N)(=O)=O)cc2)o1. The van der Waals surface area contributed by atoms with Gasteiger partial charge < -0.3 is 15.1 Å². The van der Waals surface area contributed by atoms with Gasteiger partial charge in [-0.3, -0.25) is 0 Å². The molecule has 2 rings (SSSR count). The quantitative estimate of drug-likeness (QED) is 0.651. The highest BCUT2D eigenvalue weighted by atomic mass is 32.2. The maximum atomic E-state index is 11.1. The summed E-state index contributed by atoms with van der Waals surface area (Å²) in [5, 5.41) is 18.8. The van der Waals surface area contributed by atoms with E-state index in [1.165, 1.54) is 12.1 Å². The third-order valence-corrected chi connectivity index (χ3v) is 3.53. The smallest absolute Gasteiger partial charge is 0.320 e. The highest BCUT2D eigenvalue weighted by Crippen LogP contribution is 2.17. The van der Waals surface area contributed by atoms with Crippen molar-refractivity contribution in [3.8, 4) is 0 Å². The number of rotatable bonds is 7. The van der Waals surface area contributed by atoms with Crippen molar-refractivity contribution < 1.29 is 12.8 Å². The molecule has 0 aliphatic carbocycles. The van der Waals surface area contributed by atoms with Gasteiger partial charge in [0.05, 0.1) is 11.4 Å². The van der Waals surface area contributed by atoms with Gasteiger partial charge in [-0.25, -0.2) is 13.6 Å². The molecule has 0 spiro atoms. The minimum atomic E-state index is -3.69. The number of aromatic nitrogens is 2. The minimum Gasteiger partial charge on any atom is -0.406 e. The zero-order valence-corrected chi connectivity index (χ0v) is 12.4. The van der Waals surface area contributed by atoms with Crippen LogP contribution in [0.1, 0.15) is 19.2 Å². The van der Waals surface area contributed by atoms with Crippen molar-refractivity contribution in [1.29, 1.82) is 0 Å². The van der Waals surface area contributed by atoms with E-state index in [9.17, 15) is 8.42 Å². The van der Waals surface area contributed by atoms with Crippen molar-refractivity contribution in [3.05, 3.63) is 30.2 Å². The fourth-order valence-electron chi connectivity index (χ4n) is 1.60. The number of benzene rings is 1. The van der Waals surface area contributed by atoms with Gasteiger partial charge in [0.1, 0.15) is 0 Å². The van der Waals surface area contributed by atoms with Crippen LogP contribution in [0.5, 0.6) is 0 Å². The summed E-state index contributed by atoms with van der Waals surface area (Å²) in [7, 11) is -3.69. The highest BCUT2D eigenvalue weighted by molar-refractivity contribution is 7.89. The van der Waals surface area contributed by atoms with Gasteiger partial charge >= 0.3 is 6.01 Å². The number of nitrogens with two attached hydrogens (primary N) is 1. The van der Waals surface area contributed by atoms with Crippen LogP contribution in [0.15, 0.2) is 33.6 Å². The topological polar surface area (TPSA) is 123 Å². The molecule has 0 radical (unpaired) electrons. The predicted molar refractivity (Wildman–Crippen MR) is 77.4 cm³/mol. The van der Waals surface area contributed by atoms with E-state index in [2.05, 4.69) is 27.8 Å². The van der Waals surface area contributed by atoms with Gasteiger partial charge in [0.15, 0.2) is 0 Å². The van der Waals surface area contributed by atoms with Crippen molar-refractivity contribution in [2.24, 2.45) is 5.14 Å². The molecule has 114 valence electrons. The number of nitrogens with zero attached hydrogens (tertiary/aromatic N) is 2. The first-order valence-corrected chi connectivity index (χ1v) is 7.96. The summed E-state index contributed by atoms with van der Waals surface area (Å²) in [5.41, 5.74) is 0.624. The molecule has 21 heavy (non-hydrogen) atoms. The van der Waals surface area contributed by atoms with Crippen molar-refractivity contribution in [2.45, 2.75) is 24.8 Å². The van der Waals surface area contributed by atoms with Crippen LogP contribution in [0.25, 0.3) is 0 Å². The summed E-state index contributed by atoms with van der Waals surface area (Å²) in [6, 6.07) is 6.18. The molecule has 1 heterocycles. The van der Waals surface area contributed by atoms with Gasteiger partial charge in [0, 0.05) is 5.69 Å². The maximum Gasteiger partial charge on any atom is 0.320 e. The molecule has 0 saturated heterocycles. The lowest BCUT2D eigenvalue weighted by atomic mass is 10.3. The van der Waals surface area contributed by atoms with E-state index in [-0.39, 0.29) is 10.9 Å². The Labute approximate surface area is 122 Å². The molecule has 0 aliphatic rings. The second-order valence-corrected chi connectivity index (χ2v) is 5.93. The first-order valence-electron chi connectivity index (χ1n) is 6.42. The summed E-state index contributed by atoms with van der Waals surface area (Å²) in [5.74, 6) is 0.479. The third kappa shape index (κ3) is 4.52. The zero-order valence-electron chi connectivity index (χ0n) is 11.5. The van der Waals surface area contributed by atoms with Crippen LogP contribution < -0.4 is 15.8 Å². The molecular weight excluding hydrogens is 294 g/mol. The van der Waals surface area contributed by atoms with Gasteiger partial charge in [0.2, 0.25) is 15.9 Å². The van der Waals surface area contributed by atoms with Gasteiger partial charge in [-0.2, -0.15) is 0 Å². The number of nitrogens with one attached hydrogen (secondary N) is 2. The third-order valence-electron chi connectivity index (χ3n) is 2.60. The molecule has 0 bridgehead atoms. The van der Waals surface area contributed by atoms with Gasteiger partial charge in [-0.1, -0.05) is 12.0 Å². The van der Waals surface area contributed by atoms with Crippen LogP contribution in [-0.2, 0) is 16.6 Å². The molecule has 9 heteroatoms. The van der Waals surface area contributed by atoms with E-state index in [1.54, 1.807) is 12.1 Å². The fraction of sp³-hybridized carbons (Fsp3) is 0.333. The Morgan fingerprint density at radius 3 is 2.57 bits per heavy atom. The monoisotopic (exact) mass is 311 g/mol. The van der Waals surface area contributed by atoms with Crippen molar-refractivity contribution in [1.82, 2.24) is 15.5 Å². The molecule has 2 aromatic rings. The molecule has 0 aliphatic heterocycles. The Kier molecular flexibility index (Phi) is 4.89. The molecule has 8 nitrogen and oxygen atoms in total. The van der Waals surface area contributed by atoms with E-state index in [4.69, 9.17) is 9.56 Å². The van der Waals surface area contributed by atoms with Crippen LogP contribution in [-0.4, -0.2) is 25.2 Å². The number of sulfonamides is 1. The highest BCUT2D eigenvalue weighted by Gasteiger charge is 2.09. The predicted octanol–water partition coefficient (Wildman–Crippen LogP) is 0.960. The van der Waals surface area contributed by atoms with Gasteiger partial charge in [-0.15, -0.1) is 5.10 Å². The van der Waals surface area contributed by atoms with Crippen molar-refractivity contribution in [2.75, 3.05) is 11.9 Å². The Morgan fingerprint density at radius 1 is 1.24 bits per heavy atom. The molecular formula is C12H17N5O3S. The first kappa shape index (κ1) is 15.4. The number of hydrogen-bond acceptors (Lipinski definition) is 7. The largest absolute Gasteiger partial charge is 0.406 e. The molecule has 0 unspecified atom stereocenters. The van der Waals surface area contributed by atoms with Crippen LogP contribution in [0.4, 0.5) is 11.7 Å². The summed E-state index contributed by atoms with van der Waals surface area (Å²) in [6.45, 7) is 3.45. The summed E-state index contributed by atoms with van der Waals surface area (Å²) < 4.78 is 27.7. The van der Waals surface area contributed by atoms with Gasteiger partial charge in [0.25, 0.3) is 0 Å². The molecule has 1 aromatic carbocycles. The van der Waals surface area contributed by atoms with Crippen molar-refractivity contribution in [3.63, 3.8) is 0 Å². The number of hydrogen-bond donors (Lipinski definition) is 3. The lowest BCUT2D eigenvalue weighted by Crippen LogP contribution is -2.13. The molecule has 0 amide bonds. The minimum absolute atomic E-state index is 0.0445. The fourth-order valence-corrected chi connectivity index (χ4v) is 2.11. The molecule has 1 aromatic heterocycles. The second kappa shape index (κ2) is 6.66. The lowest BCUT2D eigenvalue weighted by molar-refractivity contribution is 0.479. The maximum absolute atomic E-state index is 11.1. The summed E-state index contributed by atoms with van der Waals surface area (Å²) in [6.07, 6.45) is 1.02. The van der Waals surface area contributed by atoms with E-state index in [1.807, 2.05) is 0 Å². The molecule has 0 saturated carbocycles. The van der Waals surface area contributed by atoms with Crippen LogP contribution in [0.3, 0.4) is 0 Å². The Bertz CT molecular complexity index is 681. The van der Waals surface area contributed by atoms with Crippen LogP contribution in [0, 0.1) is 0 Å². The zero-order chi connectivity index (χ0) is 15.3. The van der Waals surface area contributed by atoms with Crippen molar-refractivity contribution >= 4 is 21.7 Å². The van der Waals surface area contributed by atoms with Crippen LogP contribution in [0.2, 0.25) is 0 Å². The van der Waals surface area contributed by atoms with E-state index in [0.717, 1.165) is 13.0 Å². The molecule has 0 fully saturated rings. The summed E-state index contributed by atoms with van der Waals surface area (Å²) in [4.78, 5) is 0.0445. The number of primary sulfonamides is 1. The standard InChI is InChI=1S/C12H17N5O3S/c1-2-7-14-8-11-16-17-12(20-11)15-9-3-5-10(6-4-9)21(13,18)19/h3-6,14H,2,7-8H2,1H3,(H,15,17)(H2,13,18,19). The normalized spacial score (nSPS) is 11.5. The van der Waals surface area contributed by atoms with E-state index >= 15 is 0 Å². The average Bonchev–Trinajstić information content (AvgIpc) is 2.86. The summed E-state index contributed by atoms with van der Waals surface area (Å²) >= 11 is 0. The van der Waals surface area contributed by atoms with Gasteiger partial charge in [-0.05, 0) is 37.2 Å². The average molecular weight is 311 g/mol. The first-order chi connectivity index (χ1) is 9.99.